The van der Waals surface area contributed by atoms with Gasteiger partial charge < -0.3 is 9.32 Å². The van der Waals surface area contributed by atoms with Gasteiger partial charge in [-0.05, 0) is 83.3 Å². The monoisotopic (exact) mass is 717 g/mol. The number of hydrogen-bond acceptors (Lipinski definition) is 4. The minimum Gasteiger partial charge on any atom is -0.455 e. The molecule has 9 aromatic rings. The summed E-state index contributed by atoms with van der Waals surface area (Å²) in [6.07, 6.45) is 6.17. The van der Waals surface area contributed by atoms with E-state index in [1.807, 2.05) is 54.6 Å². The molecule has 1 aliphatic heterocycles. The van der Waals surface area contributed by atoms with Gasteiger partial charge >= 0.3 is 0 Å². The van der Waals surface area contributed by atoms with Gasteiger partial charge in [0.25, 0.3) is 0 Å². The van der Waals surface area contributed by atoms with Crippen molar-refractivity contribution in [1.82, 2.24) is 0 Å². The van der Waals surface area contributed by atoms with Crippen LogP contribution in [-0.4, -0.2) is 11.5 Å². The number of aliphatic imine (C=N–C) groups is 2. The van der Waals surface area contributed by atoms with E-state index in [1.54, 1.807) is 0 Å². The minimum absolute atomic E-state index is 0.646. The third-order valence-electron chi connectivity index (χ3n) is 10.3. The zero-order valence-electron chi connectivity index (χ0n) is 30.5. The van der Waals surface area contributed by atoms with Crippen LogP contribution < -0.4 is 4.90 Å². The second-order valence-electron chi connectivity index (χ2n) is 13.8. The highest BCUT2D eigenvalue weighted by molar-refractivity contribution is 6.26. The van der Waals surface area contributed by atoms with Gasteiger partial charge in [0.1, 0.15) is 11.2 Å². The molecule has 0 aliphatic carbocycles. The van der Waals surface area contributed by atoms with Gasteiger partial charge in [0, 0.05) is 49.9 Å². The van der Waals surface area contributed by atoms with Crippen molar-refractivity contribution in [3.05, 3.63) is 229 Å². The molecule has 2 heterocycles. The molecule has 264 valence electrons. The molecule has 10 rings (SSSR count). The van der Waals surface area contributed by atoms with Gasteiger partial charge in [0.2, 0.25) is 0 Å². The molecule has 56 heavy (non-hydrogen) atoms. The van der Waals surface area contributed by atoms with E-state index in [9.17, 15) is 0 Å². The summed E-state index contributed by atoms with van der Waals surface area (Å²) in [5.74, 6) is 0.646. The molecule has 0 atom stereocenters. The van der Waals surface area contributed by atoms with E-state index in [-0.39, 0.29) is 0 Å². The Labute approximate surface area is 325 Å². The maximum absolute atomic E-state index is 6.77. The van der Waals surface area contributed by atoms with Crippen molar-refractivity contribution in [2.24, 2.45) is 9.98 Å². The van der Waals surface area contributed by atoms with Crippen molar-refractivity contribution >= 4 is 67.0 Å². The number of fused-ring (bicyclic) bond motifs is 5. The highest BCUT2D eigenvalue weighted by Gasteiger charge is 2.19. The topological polar surface area (TPSA) is 41.1 Å². The Morgan fingerprint density at radius 1 is 0.411 bits per heavy atom. The van der Waals surface area contributed by atoms with Gasteiger partial charge in [-0.15, -0.1) is 0 Å². The summed E-state index contributed by atoms with van der Waals surface area (Å²) in [6.45, 7) is 0. The molecule has 4 nitrogen and oxygen atoms in total. The lowest BCUT2D eigenvalue weighted by Gasteiger charge is -2.25. The second-order valence-corrected chi connectivity index (χ2v) is 13.8. The molecule has 8 aromatic carbocycles. The second kappa shape index (κ2) is 14.3. The van der Waals surface area contributed by atoms with E-state index >= 15 is 0 Å². The van der Waals surface area contributed by atoms with Crippen LogP contribution in [0.4, 0.5) is 17.1 Å². The molecule has 0 unspecified atom stereocenters. The number of allylic oxidation sites excluding steroid dienone is 3. The fourth-order valence-corrected chi connectivity index (χ4v) is 7.58. The Kier molecular flexibility index (Phi) is 8.47. The first-order chi connectivity index (χ1) is 27.8. The van der Waals surface area contributed by atoms with Crippen LogP contribution in [0.1, 0.15) is 16.7 Å². The summed E-state index contributed by atoms with van der Waals surface area (Å²) >= 11 is 0. The number of amidine groups is 1. The summed E-state index contributed by atoms with van der Waals surface area (Å²) in [5.41, 5.74) is 11.9. The number of benzene rings is 8. The Bertz CT molecular complexity index is 2900. The van der Waals surface area contributed by atoms with E-state index < -0.39 is 0 Å². The lowest BCUT2D eigenvalue weighted by molar-refractivity contribution is 0.673. The normalized spacial score (nSPS) is 12.9. The van der Waals surface area contributed by atoms with Crippen molar-refractivity contribution in [2.75, 3.05) is 4.90 Å². The fraction of sp³-hybridized carbons (Fsp3) is 0. The lowest BCUT2D eigenvalue weighted by atomic mass is 9.98. The van der Waals surface area contributed by atoms with Crippen LogP contribution in [0.3, 0.4) is 0 Å². The van der Waals surface area contributed by atoms with Crippen LogP contribution in [0.5, 0.6) is 0 Å². The number of furan rings is 1. The third kappa shape index (κ3) is 6.19. The fourth-order valence-electron chi connectivity index (χ4n) is 7.58. The van der Waals surface area contributed by atoms with Crippen LogP contribution in [0, 0.1) is 0 Å². The summed E-state index contributed by atoms with van der Waals surface area (Å²) in [5, 5.41) is 4.12. The minimum atomic E-state index is 0.646. The van der Waals surface area contributed by atoms with Crippen molar-refractivity contribution in [2.45, 2.75) is 0 Å². The third-order valence-corrected chi connectivity index (χ3v) is 10.3. The molecular formula is C52H35N3O. The molecule has 0 N–H and O–H groups in total. The number of rotatable bonds is 7. The van der Waals surface area contributed by atoms with Gasteiger partial charge in [-0.2, -0.15) is 0 Å². The molecule has 1 aromatic heterocycles. The predicted octanol–water partition coefficient (Wildman–Crippen LogP) is 13.7. The molecule has 0 saturated carbocycles. The van der Waals surface area contributed by atoms with Crippen LogP contribution in [0.25, 0.3) is 49.5 Å². The Morgan fingerprint density at radius 2 is 0.982 bits per heavy atom. The quantitative estimate of drug-likeness (QED) is 0.165. The van der Waals surface area contributed by atoms with Gasteiger partial charge in [0.05, 0.1) is 11.4 Å². The summed E-state index contributed by atoms with van der Waals surface area (Å²) in [4.78, 5) is 12.9. The van der Waals surface area contributed by atoms with Crippen LogP contribution in [-0.2, 0) is 0 Å². The maximum atomic E-state index is 6.77. The smallest absolute Gasteiger partial charge is 0.161 e. The van der Waals surface area contributed by atoms with Crippen LogP contribution in [0.2, 0.25) is 0 Å². The number of hydrogen-bond donors (Lipinski definition) is 0. The van der Waals surface area contributed by atoms with Gasteiger partial charge in [-0.3, -0.25) is 0 Å². The Hall–Kier alpha value is -7.56. The SMILES string of the molecule is C1=CC(c2ccccc2)=NC(c2cc3c4ccc(-c5ccc(N(c6ccccc6)c6ccccc6)cc5)cc4oc3c3ccccc23)=NC(c2ccccc2)=C1. The van der Waals surface area contributed by atoms with Crippen molar-refractivity contribution in [3.8, 4) is 11.1 Å². The highest BCUT2D eigenvalue weighted by atomic mass is 16.3. The van der Waals surface area contributed by atoms with Crippen molar-refractivity contribution in [3.63, 3.8) is 0 Å². The standard InChI is InChI=1S/C52H35N3O/c1-5-16-37(17-6-1)48-26-15-27-49(38-18-7-2-8-19-38)54-52(53-48)47-35-46-44-33-30-39(34-50(44)56-51(46)45-25-14-13-24-43(45)47)36-28-31-42(32-29-36)55(40-20-9-3-10-21-40)41-22-11-4-12-23-41/h1-35H. The molecule has 1 aliphatic rings. The number of para-hydroxylation sites is 2. The number of anilines is 3. The van der Waals surface area contributed by atoms with E-state index in [2.05, 4.69) is 163 Å². The largest absolute Gasteiger partial charge is 0.455 e. The average Bonchev–Trinajstić information content (AvgIpc) is 3.63. The summed E-state index contributed by atoms with van der Waals surface area (Å²) in [6, 6.07) is 67.4. The first-order valence-corrected chi connectivity index (χ1v) is 18.8. The van der Waals surface area contributed by atoms with Crippen molar-refractivity contribution in [1.29, 1.82) is 0 Å². The van der Waals surface area contributed by atoms with Crippen LogP contribution >= 0.6 is 0 Å². The summed E-state index contributed by atoms with van der Waals surface area (Å²) in [7, 11) is 0. The molecule has 0 amide bonds. The number of nitrogens with zero attached hydrogens (tertiary/aromatic N) is 3. The molecule has 0 bridgehead atoms. The summed E-state index contributed by atoms with van der Waals surface area (Å²) < 4.78 is 6.77. The molecule has 0 fully saturated rings. The molecule has 4 heteroatoms. The first kappa shape index (κ1) is 33.0. The van der Waals surface area contributed by atoms with E-state index in [0.717, 1.165) is 89.0 Å². The highest BCUT2D eigenvalue weighted by Crippen LogP contribution is 2.40. The molecular weight excluding hydrogens is 683 g/mol. The van der Waals surface area contributed by atoms with E-state index in [0.29, 0.717) is 5.84 Å². The van der Waals surface area contributed by atoms with Crippen molar-refractivity contribution < 1.29 is 4.42 Å². The lowest BCUT2D eigenvalue weighted by Crippen LogP contribution is -2.09. The zero-order valence-corrected chi connectivity index (χ0v) is 30.5. The predicted molar refractivity (Wildman–Crippen MR) is 234 cm³/mol. The molecule has 0 saturated heterocycles. The maximum Gasteiger partial charge on any atom is 0.161 e. The van der Waals surface area contributed by atoms with Gasteiger partial charge in [0.15, 0.2) is 5.84 Å². The Balaban J connectivity index is 1.09. The molecule has 0 radical (unpaired) electrons. The van der Waals surface area contributed by atoms with E-state index in [1.165, 1.54) is 0 Å². The molecule has 0 spiro atoms. The van der Waals surface area contributed by atoms with E-state index in [4.69, 9.17) is 14.4 Å². The zero-order chi connectivity index (χ0) is 37.3. The van der Waals surface area contributed by atoms with Gasteiger partial charge in [-0.1, -0.05) is 146 Å². The van der Waals surface area contributed by atoms with Crippen LogP contribution in [0.15, 0.2) is 227 Å². The average molecular weight is 718 g/mol. The first-order valence-electron chi connectivity index (χ1n) is 18.8. The Morgan fingerprint density at radius 3 is 1.66 bits per heavy atom. The van der Waals surface area contributed by atoms with Gasteiger partial charge in [-0.25, -0.2) is 9.98 Å².